The third kappa shape index (κ3) is 6.14. The number of hydrogen-bond donors (Lipinski definition) is 2. The van der Waals surface area contributed by atoms with Crippen molar-refractivity contribution < 1.29 is 27.8 Å². The molecule has 0 radical (unpaired) electrons. The molecule has 3 N–H and O–H groups in total. The maximum Gasteiger partial charge on any atom is 0.407 e. The van der Waals surface area contributed by atoms with E-state index in [-0.39, 0.29) is 53.4 Å². The van der Waals surface area contributed by atoms with Crippen LogP contribution in [0, 0.1) is 29.9 Å². The molecule has 3 atom stereocenters. The number of rotatable bonds is 8. The molecule has 4 rings (SSSR count). The fourth-order valence-corrected chi connectivity index (χ4v) is 6.12. The Morgan fingerprint density at radius 1 is 1.28 bits per heavy atom. The van der Waals surface area contributed by atoms with Crippen LogP contribution in [0.1, 0.15) is 55.7 Å². The van der Waals surface area contributed by atoms with Crippen LogP contribution in [0.15, 0.2) is 29.5 Å². The molecule has 1 fully saturated rings. The number of terminal acetylenes is 1. The molecule has 206 valence electrons. The monoisotopic (exact) mass is 557 g/mol. The molecular weight excluding hydrogens is 528 g/mol. The summed E-state index contributed by atoms with van der Waals surface area (Å²) in [5.41, 5.74) is 4.53. The number of carbonyl (C=O) groups is 2. The molecule has 0 bridgehead atoms. The van der Waals surface area contributed by atoms with Gasteiger partial charge in [-0.2, -0.15) is 0 Å². The molecule has 2 aromatic rings. The van der Waals surface area contributed by atoms with Crippen molar-refractivity contribution in [3.63, 3.8) is 0 Å². The van der Waals surface area contributed by atoms with Gasteiger partial charge in [-0.25, -0.2) is 23.5 Å². The number of amidine groups is 1. The Balaban J connectivity index is 1.55. The van der Waals surface area contributed by atoms with Gasteiger partial charge in [-0.1, -0.05) is 17.7 Å². The average molecular weight is 558 g/mol. The minimum Gasteiger partial charge on any atom is -0.463 e. The molecule has 1 aromatic carbocycles. The molecule has 12 heteroatoms. The zero-order valence-corrected chi connectivity index (χ0v) is 22.8. The number of nitrogens with zero attached hydrogens (tertiary/aromatic N) is 3. The second kappa shape index (κ2) is 10.4. The minimum absolute atomic E-state index is 0.00320. The number of carbonyl (C=O) groups excluding carboxylic acids is 2. The Labute approximate surface area is 229 Å². The Hall–Kier alpha value is -3.72. The van der Waals surface area contributed by atoms with Gasteiger partial charge in [0.1, 0.15) is 11.3 Å². The van der Waals surface area contributed by atoms with E-state index in [1.165, 1.54) is 30.2 Å². The third-order valence-electron chi connectivity index (χ3n) is 6.50. The highest BCUT2D eigenvalue weighted by Gasteiger charge is 2.66. The summed E-state index contributed by atoms with van der Waals surface area (Å²) in [6.07, 6.45) is 7.36. The number of aromatic nitrogens is 2. The number of thioether (sulfide) groups is 1. The fourth-order valence-electron chi connectivity index (χ4n) is 4.71. The zero-order chi connectivity index (χ0) is 28.6. The van der Waals surface area contributed by atoms with Crippen LogP contribution in [0.25, 0.3) is 0 Å². The zero-order valence-electron chi connectivity index (χ0n) is 22.0. The van der Waals surface area contributed by atoms with Gasteiger partial charge in [0.25, 0.3) is 0 Å². The van der Waals surface area contributed by atoms with Crippen molar-refractivity contribution in [2.24, 2.45) is 16.6 Å². The Morgan fingerprint density at radius 2 is 2.03 bits per heavy atom. The number of Topliss-reactive ketones (excluding diaryl/α,β-unsaturated/α-hetero) is 1. The van der Waals surface area contributed by atoms with Crippen molar-refractivity contribution in [3.8, 4) is 18.2 Å². The van der Waals surface area contributed by atoms with Gasteiger partial charge in [0.05, 0.1) is 17.9 Å². The van der Waals surface area contributed by atoms with Gasteiger partial charge in [-0.05, 0) is 51.8 Å². The van der Waals surface area contributed by atoms with E-state index < -0.39 is 39.4 Å². The maximum atomic E-state index is 15.2. The molecule has 2 heterocycles. The first-order valence-corrected chi connectivity index (χ1v) is 13.0. The highest BCUT2D eigenvalue weighted by Crippen LogP contribution is 2.65. The van der Waals surface area contributed by atoms with Gasteiger partial charge in [-0.15, -0.1) is 6.42 Å². The minimum atomic E-state index is -1.22. The molecule has 9 nitrogen and oxygen atoms in total. The number of halogens is 2. The lowest BCUT2D eigenvalue weighted by Gasteiger charge is -2.34. The standard InChI is InChI=1S/C27H29F2N5O4S/c1-6-7-37-21-13-31-18(12-32-21)19(35)10-15-8-16(22(29)17(28)9-15)26(5)20-11-27(20,39-23(30)34-26)14-33-24(36)38-25(2,3)4/h1,8-9,12-13,20H,7,10-11,14H2,2-5H3,(H2,30,34)(H,33,36)/t20-,26+,27+/m0/s1. The van der Waals surface area contributed by atoms with E-state index in [1.807, 2.05) is 0 Å². The van der Waals surface area contributed by atoms with Crippen LogP contribution in [0.5, 0.6) is 5.88 Å². The summed E-state index contributed by atoms with van der Waals surface area (Å²) in [4.78, 5) is 37.6. The predicted molar refractivity (Wildman–Crippen MR) is 142 cm³/mol. The largest absolute Gasteiger partial charge is 0.463 e. The number of nitrogens with one attached hydrogen (secondary N) is 1. The number of benzene rings is 1. The fraction of sp³-hybridized carbons (Fsp3) is 0.444. The lowest BCUT2D eigenvalue weighted by molar-refractivity contribution is 0.0525. The quantitative estimate of drug-likeness (QED) is 0.371. The Kier molecular flexibility index (Phi) is 7.58. The van der Waals surface area contributed by atoms with E-state index in [9.17, 15) is 14.0 Å². The first kappa shape index (κ1) is 28.3. The number of ketones is 1. The van der Waals surface area contributed by atoms with Crippen LogP contribution >= 0.6 is 11.8 Å². The third-order valence-corrected chi connectivity index (χ3v) is 7.80. The van der Waals surface area contributed by atoms with Gasteiger partial charge in [0.15, 0.2) is 29.2 Å². The van der Waals surface area contributed by atoms with Crippen LogP contribution < -0.4 is 15.8 Å². The molecule has 0 spiro atoms. The van der Waals surface area contributed by atoms with E-state index in [0.717, 1.165) is 6.07 Å². The van der Waals surface area contributed by atoms with Crippen LogP contribution in [0.3, 0.4) is 0 Å². The summed E-state index contributed by atoms with van der Waals surface area (Å²) in [6.45, 7) is 7.17. The van der Waals surface area contributed by atoms with Crippen LogP contribution in [0.2, 0.25) is 0 Å². The number of nitrogens with two attached hydrogens (primary N) is 1. The molecule has 0 saturated heterocycles. The van der Waals surface area contributed by atoms with Crippen molar-refractivity contribution in [2.45, 2.75) is 56.4 Å². The molecule has 2 aliphatic rings. The molecule has 1 aromatic heterocycles. The van der Waals surface area contributed by atoms with Crippen LogP contribution in [-0.2, 0) is 16.7 Å². The van der Waals surface area contributed by atoms with Gasteiger partial charge in [-0.3, -0.25) is 9.79 Å². The maximum absolute atomic E-state index is 15.2. The lowest BCUT2D eigenvalue weighted by Crippen LogP contribution is -2.43. The average Bonchev–Trinajstić information content (AvgIpc) is 3.58. The lowest BCUT2D eigenvalue weighted by atomic mass is 9.84. The van der Waals surface area contributed by atoms with Crippen molar-refractivity contribution >= 4 is 28.8 Å². The van der Waals surface area contributed by atoms with Gasteiger partial charge in [0, 0.05) is 29.2 Å². The molecule has 1 saturated carbocycles. The van der Waals surface area contributed by atoms with Crippen LogP contribution in [-0.4, -0.2) is 50.5 Å². The number of ether oxygens (including phenoxy) is 2. The first-order valence-electron chi connectivity index (χ1n) is 12.2. The second-order valence-electron chi connectivity index (χ2n) is 10.6. The summed E-state index contributed by atoms with van der Waals surface area (Å²) in [6, 6.07) is 2.41. The second-order valence-corrected chi connectivity index (χ2v) is 12.1. The molecule has 1 amide bonds. The summed E-state index contributed by atoms with van der Waals surface area (Å²) in [7, 11) is 0. The smallest absolute Gasteiger partial charge is 0.407 e. The molecular formula is C27H29F2N5O4S. The highest BCUT2D eigenvalue weighted by atomic mass is 32.2. The van der Waals surface area contributed by atoms with Crippen molar-refractivity contribution in [1.29, 1.82) is 0 Å². The summed E-state index contributed by atoms with van der Waals surface area (Å²) >= 11 is 1.30. The normalized spacial score (nSPS) is 23.6. The molecule has 39 heavy (non-hydrogen) atoms. The predicted octanol–water partition coefficient (Wildman–Crippen LogP) is 3.75. The summed E-state index contributed by atoms with van der Waals surface area (Å²) < 4.78 is 40.0. The van der Waals surface area contributed by atoms with E-state index in [1.54, 1.807) is 27.7 Å². The topological polar surface area (TPSA) is 129 Å². The number of aliphatic imine (C=N–C) groups is 1. The Morgan fingerprint density at radius 3 is 2.67 bits per heavy atom. The number of fused-ring (bicyclic) bond motifs is 1. The van der Waals surface area contributed by atoms with Gasteiger partial charge >= 0.3 is 6.09 Å². The number of amides is 1. The van der Waals surface area contributed by atoms with Gasteiger partial charge < -0.3 is 20.5 Å². The van der Waals surface area contributed by atoms with E-state index >= 15 is 4.39 Å². The molecule has 0 unspecified atom stereocenters. The van der Waals surface area contributed by atoms with Gasteiger partial charge in [0.2, 0.25) is 5.88 Å². The van der Waals surface area contributed by atoms with Crippen molar-refractivity contribution in [1.82, 2.24) is 15.3 Å². The van der Waals surface area contributed by atoms with E-state index in [2.05, 4.69) is 26.2 Å². The van der Waals surface area contributed by atoms with E-state index in [0.29, 0.717) is 6.42 Å². The summed E-state index contributed by atoms with van der Waals surface area (Å²) in [5, 5.41) is 2.96. The summed E-state index contributed by atoms with van der Waals surface area (Å²) in [5.74, 6) is -0.410. The molecule has 1 aliphatic heterocycles. The SMILES string of the molecule is C#CCOc1cnc(C(=O)Cc2cc(F)c(F)c([C@@]3(C)N=C(N)S[C@@]4(CNC(=O)OC(C)(C)C)C[C@H]43)c2)cn1. The Bertz CT molecular complexity index is 1370. The van der Waals surface area contributed by atoms with Crippen molar-refractivity contribution in [2.75, 3.05) is 13.2 Å². The molecule has 1 aliphatic carbocycles. The van der Waals surface area contributed by atoms with Crippen molar-refractivity contribution in [3.05, 3.63) is 53.0 Å². The van der Waals surface area contributed by atoms with E-state index in [4.69, 9.17) is 21.6 Å². The number of hydrogen-bond acceptors (Lipinski definition) is 9. The number of alkyl carbamates (subject to hydrolysis) is 1. The van der Waals surface area contributed by atoms with Crippen LogP contribution in [0.4, 0.5) is 13.6 Å². The highest BCUT2D eigenvalue weighted by molar-refractivity contribution is 8.15. The first-order chi connectivity index (χ1) is 18.3.